The van der Waals surface area contributed by atoms with E-state index in [0.717, 1.165) is 44.9 Å². The van der Waals surface area contributed by atoms with Gasteiger partial charge in [0.05, 0.1) is 0 Å². The zero-order chi connectivity index (χ0) is 28.3. The lowest BCUT2D eigenvalue weighted by Crippen LogP contribution is -2.34. The van der Waals surface area contributed by atoms with E-state index in [4.69, 9.17) is 10.2 Å². The number of hydrogen-bond acceptors (Lipinski definition) is 6. The molecule has 0 spiro atoms. The molecule has 0 heterocycles. The van der Waals surface area contributed by atoms with Crippen molar-refractivity contribution in [1.82, 2.24) is 21.3 Å². The number of unbranched alkanes of at least 4 members (excludes halogenated alkanes) is 12. The third kappa shape index (κ3) is 25.4. The number of carboxylic acids is 2. The maximum atomic E-state index is 11.9. The van der Waals surface area contributed by atoms with Crippen LogP contribution in [0.15, 0.2) is 0 Å². The van der Waals surface area contributed by atoms with Gasteiger partial charge in [0.2, 0.25) is 11.8 Å². The van der Waals surface area contributed by atoms with Crippen LogP contribution in [0.2, 0.25) is 0 Å². The van der Waals surface area contributed by atoms with Crippen LogP contribution in [0.1, 0.15) is 116 Å². The van der Waals surface area contributed by atoms with E-state index in [1.54, 1.807) is 7.05 Å². The Morgan fingerprint density at radius 1 is 0.553 bits per heavy atom. The van der Waals surface area contributed by atoms with Crippen molar-refractivity contribution in [2.75, 3.05) is 33.2 Å². The highest BCUT2D eigenvalue weighted by Crippen LogP contribution is 2.12. The molecule has 0 unspecified atom stereocenters. The second-order valence-corrected chi connectivity index (χ2v) is 10.0. The number of carboxylic acid groups (broad SMARTS) is 2. The van der Waals surface area contributed by atoms with Crippen LogP contribution in [0, 0.1) is 0 Å². The predicted molar refractivity (Wildman–Crippen MR) is 150 cm³/mol. The third-order valence-electron chi connectivity index (χ3n) is 6.59. The number of hydrogen-bond donors (Lipinski definition) is 6. The van der Waals surface area contributed by atoms with Crippen LogP contribution in [-0.2, 0) is 19.2 Å². The summed E-state index contributed by atoms with van der Waals surface area (Å²) >= 11 is 0. The maximum Gasteiger partial charge on any atom is 0.320 e. The highest BCUT2D eigenvalue weighted by atomic mass is 16.4. The third-order valence-corrected chi connectivity index (χ3v) is 6.59. The van der Waals surface area contributed by atoms with E-state index < -0.39 is 18.0 Å². The number of carbonyl (C=O) groups excluding carboxylic acids is 2. The zero-order valence-corrected chi connectivity index (χ0v) is 23.7. The maximum absolute atomic E-state index is 11.9. The molecule has 0 saturated heterocycles. The summed E-state index contributed by atoms with van der Waals surface area (Å²) in [6, 6.07) is -0.542. The first-order valence-corrected chi connectivity index (χ1v) is 14.7. The highest BCUT2D eigenvalue weighted by molar-refractivity contribution is 5.76. The number of aliphatic carboxylic acids is 2. The Morgan fingerprint density at radius 2 is 0.974 bits per heavy atom. The van der Waals surface area contributed by atoms with Gasteiger partial charge in [0.25, 0.3) is 0 Å². The molecule has 0 rings (SSSR count). The fourth-order valence-electron chi connectivity index (χ4n) is 4.19. The number of carbonyl (C=O) groups is 4. The Morgan fingerprint density at radius 3 is 1.39 bits per heavy atom. The van der Waals surface area contributed by atoms with Gasteiger partial charge in [-0.3, -0.25) is 19.2 Å². The van der Waals surface area contributed by atoms with E-state index >= 15 is 0 Å². The van der Waals surface area contributed by atoms with Crippen LogP contribution >= 0.6 is 0 Å². The largest absolute Gasteiger partial charge is 0.481 e. The molecule has 2 amide bonds. The van der Waals surface area contributed by atoms with Gasteiger partial charge < -0.3 is 31.5 Å². The van der Waals surface area contributed by atoms with Crippen molar-refractivity contribution >= 4 is 23.8 Å². The molecule has 0 fully saturated rings. The fraction of sp³-hybridized carbons (Fsp3) is 0.857. The molecule has 0 saturated carbocycles. The monoisotopic (exact) mass is 542 g/mol. The van der Waals surface area contributed by atoms with Gasteiger partial charge in [-0.15, -0.1) is 0 Å². The van der Waals surface area contributed by atoms with Gasteiger partial charge in [-0.25, -0.2) is 0 Å². The summed E-state index contributed by atoms with van der Waals surface area (Å²) in [7, 11) is 1.63. The smallest absolute Gasteiger partial charge is 0.320 e. The van der Waals surface area contributed by atoms with Crippen molar-refractivity contribution in [1.29, 1.82) is 0 Å². The second-order valence-electron chi connectivity index (χ2n) is 10.0. The molecule has 0 aliphatic carbocycles. The quantitative estimate of drug-likeness (QED) is 0.0819. The molecule has 1 atom stereocenters. The first-order valence-electron chi connectivity index (χ1n) is 14.7. The summed E-state index contributed by atoms with van der Waals surface area (Å²) in [5.41, 5.74) is 0. The van der Waals surface area contributed by atoms with E-state index in [9.17, 15) is 19.2 Å². The summed E-state index contributed by atoms with van der Waals surface area (Å²) in [5.74, 6) is -1.56. The minimum atomic E-state index is -0.856. The molecular weight excluding hydrogens is 488 g/mol. The fourth-order valence-corrected chi connectivity index (χ4v) is 4.19. The number of nitrogens with one attached hydrogen (secondary N) is 4. The highest BCUT2D eigenvalue weighted by Gasteiger charge is 2.13. The number of rotatable bonds is 28. The van der Waals surface area contributed by atoms with Crippen LogP contribution in [0.3, 0.4) is 0 Å². The van der Waals surface area contributed by atoms with Crippen LogP contribution in [0.5, 0.6) is 0 Å². The topological polar surface area (TPSA) is 157 Å². The lowest BCUT2D eigenvalue weighted by Gasteiger charge is -2.11. The molecule has 6 N–H and O–H groups in total. The Kier molecular flexibility index (Phi) is 24.9. The standard InChI is InChI=1S/C28H54N4O6/c1-29-24(28(37)38)16-13-15-21-32-26(34)19-23-30-22-18-25(33)31-20-14-11-9-7-5-3-2-4-6-8-10-12-17-27(35)36/h24,29-30H,2-23H2,1H3,(H,31,33)(H,32,34)(H,35,36)(H,37,38)/t24-/m0/s1. The second kappa shape index (κ2) is 26.4. The summed E-state index contributed by atoms with van der Waals surface area (Å²) in [5, 5.41) is 29.2. The van der Waals surface area contributed by atoms with Gasteiger partial charge in [-0.2, -0.15) is 0 Å². The Hall–Kier alpha value is -2.20. The van der Waals surface area contributed by atoms with E-state index in [2.05, 4.69) is 21.3 Å². The minimum Gasteiger partial charge on any atom is -0.481 e. The molecule has 0 aliphatic heterocycles. The average molecular weight is 543 g/mol. The van der Waals surface area contributed by atoms with Crippen molar-refractivity contribution in [3.8, 4) is 0 Å². The van der Waals surface area contributed by atoms with Gasteiger partial charge in [-0.05, 0) is 39.2 Å². The first kappa shape index (κ1) is 35.8. The van der Waals surface area contributed by atoms with Gasteiger partial charge in [0, 0.05) is 45.4 Å². The van der Waals surface area contributed by atoms with E-state index in [-0.39, 0.29) is 11.8 Å². The molecule has 38 heavy (non-hydrogen) atoms. The SMILES string of the molecule is CN[C@@H](CCCCNC(=O)CCNCCC(=O)NCCCCCCCCCCCCCCC(=O)O)C(=O)O. The molecule has 0 radical (unpaired) electrons. The molecule has 0 aromatic rings. The lowest BCUT2D eigenvalue weighted by atomic mass is 10.0. The first-order chi connectivity index (χ1) is 18.4. The van der Waals surface area contributed by atoms with Crippen LogP contribution in [-0.4, -0.2) is 73.2 Å². The van der Waals surface area contributed by atoms with E-state index in [1.807, 2.05) is 0 Å². The number of likely N-dealkylation sites (N-methyl/N-ethyl adjacent to an activating group) is 1. The van der Waals surface area contributed by atoms with Crippen molar-refractivity contribution in [3.05, 3.63) is 0 Å². The summed E-state index contributed by atoms with van der Waals surface area (Å²) < 4.78 is 0. The molecule has 0 aromatic carbocycles. The number of amides is 2. The molecule has 0 bridgehead atoms. The van der Waals surface area contributed by atoms with Crippen molar-refractivity contribution in [2.24, 2.45) is 0 Å². The predicted octanol–water partition coefficient (Wildman–Crippen LogP) is 3.59. The molecule has 10 heteroatoms. The van der Waals surface area contributed by atoms with Crippen molar-refractivity contribution in [2.45, 2.75) is 122 Å². The van der Waals surface area contributed by atoms with Gasteiger partial charge in [-0.1, -0.05) is 64.2 Å². The Bertz CT molecular complexity index is 632. The minimum absolute atomic E-state index is 0.0335. The molecule has 0 aliphatic rings. The van der Waals surface area contributed by atoms with Crippen LogP contribution < -0.4 is 21.3 Å². The molecule has 222 valence electrons. The van der Waals surface area contributed by atoms with E-state index in [0.29, 0.717) is 51.9 Å². The zero-order valence-electron chi connectivity index (χ0n) is 23.7. The summed E-state index contributed by atoms with van der Waals surface area (Å²) in [6.07, 6.45) is 16.8. The molecule has 0 aromatic heterocycles. The lowest BCUT2D eigenvalue weighted by molar-refractivity contribution is -0.139. The summed E-state index contributed by atoms with van der Waals surface area (Å²) in [6.45, 7) is 2.32. The van der Waals surface area contributed by atoms with Crippen LogP contribution in [0.4, 0.5) is 0 Å². The average Bonchev–Trinajstić information content (AvgIpc) is 2.87. The Labute approximate surface area is 229 Å². The molecule has 10 nitrogen and oxygen atoms in total. The normalized spacial score (nSPS) is 11.7. The molecular formula is C28H54N4O6. The summed E-state index contributed by atoms with van der Waals surface area (Å²) in [4.78, 5) is 45.1. The van der Waals surface area contributed by atoms with Gasteiger partial charge >= 0.3 is 11.9 Å². The van der Waals surface area contributed by atoms with Crippen molar-refractivity contribution < 1.29 is 29.4 Å². The van der Waals surface area contributed by atoms with Crippen LogP contribution in [0.25, 0.3) is 0 Å². The van der Waals surface area contributed by atoms with E-state index in [1.165, 1.54) is 44.9 Å². The Balaban J connectivity index is 3.35. The van der Waals surface area contributed by atoms with Gasteiger partial charge in [0.15, 0.2) is 0 Å². The van der Waals surface area contributed by atoms with Crippen molar-refractivity contribution in [3.63, 3.8) is 0 Å². The van der Waals surface area contributed by atoms with Gasteiger partial charge in [0.1, 0.15) is 6.04 Å².